The van der Waals surface area contributed by atoms with Gasteiger partial charge in [0.25, 0.3) is 0 Å². The molecule has 8 nitrogen and oxygen atoms in total. The fraction of sp³-hybridized carbons (Fsp3) is 0.375. The summed E-state index contributed by atoms with van der Waals surface area (Å²) in [5.74, 6) is 0.427. The average Bonchev–Trinajstić information content (AvgIpc) is 2.61. The molecule has 5 atom stereocenters. The van der Waals surface area contributed by atoms with Gasteiger partial charge in [0.2, 0.25) is 0 Å². The van der Waals surface area contributed by atoms with E-state index in [4.69, 9.17) is 9.47 Å². The molecule has 0 radical (unpaired) electrons. The minimum absolute atomic E-state index is 0.170. The van der Waals surface area contributed by atoms with Crippen LogP contribution in [0.2, 0.25) is 0 Å². The van der Waals surface area contributed by atoms with E-state index in [1.54, 1.807) is 42.7 Å². The molecule has 0 bridgehead atoms. The van der Waals surface area contributed by atoms with Gasteiger partial charge < -0.3 is 29.9 Å². The molecule has 3 rings (SSSR count). The van der Waals surface area contributed by atoms with Crippen molar-refractivity contribution in [1.82, 2.24) is 9.97 Å². The van der Waals surface area contributed by atoms with Gasteiger partial charge in [-0.2, -0.15) is 0 Å². The van der Waals surface area contributed by atoms with Crippen LogP contribution in [-0.4, -0.2) is 61.4 Å². The van der Waals surface area contributed by atoms with Gasteiger partial charge in [0.1, 0.15) is 36.3 Å². The lowest BCUT2D eigenvalue weighted by molar-refractivity contribution is -0.231. The molecule has 128 valence electrons. The summed E-state index contributed by atoms with van der Waals surface area (Å²) in [7, 11) is 0. The number of ether oxygens (including phenoxy) is 2. The largest absolute Gasteiger partial charge is 0.424 e. The fourth-order valence-electron chi connectivity index (χ4n) is 2.58. The molecule has 24 heavy (non-hydrogen) atoms. The summed E-state index contributed by atoms with van der Waals surface area (Å²) in [6.45, 7) is -0.477. The summed E-state index contributed by atoms with van der Waals surface area (Å²) < 4.78 is 11.1. The van der Waals surface area contributed by atoms with Crippen LogP contribution < -0.4 is 4.74 Å². The van der Waals surface area contributed by atoms with Crippen molar-refractivity contribution in [3.63, 3.8) is 0 Å². The second-order valence-electron chi connectivity index (χ2n) is 5.46. The second-order valence-corrected chi connectivity index (χ2v) is 5.46. The van der Waals surface area contributed by atoms with Crippen molar-refractivity contribution in [2.45, 2.75) is 30.5 Å². The molecule has 0 saturated carbocycles. The van der Waals surface area contributed by atoms with E-state index in [-0.39, 0.29) is 6.01 Å². The van der Waals surface area contributed by atoms with E-state index in [0.717, 1.165) is 0 Å². The average molecular weight is 334 g/mol. The standard InChI is InChI=1S/C16H18N2O6/c19-8-11-12(20)13(21)14(22)15(24-11)9-3-1-4-10(7-9)23-16-17-5-2-6-18-16/h1-7,11-15,19-22H,8H2/t11-,12-,13+,14+,15?/m1/s1. The molecule has 0 spiro atoms. The number of nitrogens with zero attached hydrogens (tertiary/aromatic N) is 2. The van der Waals surface area contributed by atoms with Crippen molar-refractivity contribution in [3.05, 3.63) is 48.3 Å². The first-order valence-electron chi connectivity index (χ1n) is 7.45. The Morgan fingerprint density at radius 3 is 2.46 bits per heavy atom. The Morgan fingerprint density at radius 1 is 1.00 bits per heavy atom. The minimum Gasteiger partial charge on any atom is -0.424 e. The van der Waals surface area contributed by atoms with Crippen molar-refractivity contribution in [3.8, 4) is 11.8 Å². The van der Waals surface area contributed by atoms with Crippen LogP contribution in [0.3, 0.4) is 0 Å². The lowest BCUT2D eigenvalue weighted by atomic mass is 9.91. The third kappa shape index (κ3) is 3.37. The van der Waals surface area contributed by atoms with E-state index in [1.807, 2.05) is 0 Å². The molecular weight excluding hydrogens is 316 g/mol. The van der Waals surface area contributed by atoms with E-state index in [0.29, 0.717) is 11.3 Å². The summed E-state index contributed by atoms with van der Waals surface area (Å²) in [4.78, 5) is 7.92. The van der Waals surface area contributed by atoms with Gasteiger partial charge in [0.15, 0.2) is 0 Å². The maximum Gasteiger partial charge on any atom is 0.321 e. The third-order valence-electron chi connectivity index (χ3n) is 3.83. The zero-order valence-electron chi connectivity index (χ0n) is 12.6. The highest BCUT2D eigenvalue weighted by molar-refractivity contribution is 5.32. The highest BCUT2D eigenvalue weighted by Crippen LogP contribution is 2.34. The summed E-state index contributed by atoms with van der Waals surface area (Å²) in [6.07, 6.45) is -2.95. The predicted octanol–water partition coefficient (Wildman–Crippen LogP) is -0.216. The fourth-order valence-corrected chi connectivity index (χ4v) is 2.58. The van der Waals surface area contributed by atoms with E-state index >= 15 is 0 Å². The SMILES string of the molecule is OC[C@H]1OC(c2cccc(Oc3ncccn3)c2)[C@@H](O)[C@@H](O)[C@@H]1O. The molecule has 1 aromatic heterocycles. The number of benzene rings is 1. The molecule has 1 unspecified atom stereocenters. The molecule has 1 aromatic carbocycles. The monoisotopic (exact) mass is 334 g/mol. The zero-order valence-corrected chi connectivity index (χ0v) is 12.6. The molecular formula is C16H18N2O6. The van der Waals surface area contributed by atoms with Crippen molar-refractivity contribution in [1.29, 1.82) is 0 Å². The van der Waals surface area contributed by atoms with Crippen LogP contribution in [0.25, 0.3) is 0 Å². The first kappa shape index (κ1) is 16.7. The van der Waals surface area contributed by atoms with Gasteiger partial charge in [-0.25, -0.2) is 9.97 Å². The summed E-state index contributed by atoms with van der Waals surface area (Å²) in [6, 6.07) is 8.51. The van der Waals surface area contributed by atoms with Gasteiger partial charge >= 0.3 is 6.01 Å². The lowest BCUT2D eigenvalue weighted by Gasteiger charge is -2.40. The number of rotatable bonds is 4. The smallest absolute Gasteiger partial charge is 0.321 e. The van der Waals surface area contributed by atoms with E-state index in [2.05, 4.69) is 9.97 Å². The number of hydrogen-bond donors (Lipinski definition) is 4. The number of aliphatic hydroxyl groups is 4. The quantitative estimate of drug-likeness (QED) is 0.605. The van der Waals surface area contributed by atoms with Crippen molar-refractivity contribution >= 4 is 0 Å². The Labute approximate surface area is 138 Å². The Hall–Kier alpha value is -2.10. The maximum atomic E-state index is 10.2. The number of hydrogen-bond acceptors (Lipinski definition) is 8. The van der Waals surface area contributed by atoms with E-state index in [9.17, 15) is 20.4 Å². The molecule has 1 fully saturated rings. The summed E-state index contributed by atoms with van der Waals surface area (Å²) in [5, 5.41) is 39.2. The molecule has 0 amide bonds. The molecule has 2 heterocycles. The van der Waals surface area contributed by atoms with E-state index < -0.39 is 37.1 Å². The molecule has 8 heteroatoms. The highest BCUT2D eigenvalue weighted by atomic mass is 16.5. The Morgan fingerprint density at radius 2 is 1.75 bits per heavy atom. The Kier molecular flexibility index (Phi) is 5.03. The number of aliphatic hydroxyl groups excluding tert-OH is 4. The van der Waals surface area contributed by atoms with Crippen LogP contribution in [-0.2, 0) is 4.74 Å². The highest BCUT2D eigenvalue weighted by Gasteiger charge is 2.43. The number of aromatic nitrogens is 2. The predicted molar refractivity (Wildman–Crippen MR) is 81.3 cm³/mol. The van der Waals surface area contributed by atoms with Crippen LogP contribution in [0.4, 0.5) is 0 Å². The third-order valence-corrected chi connectivity index (χ3v) is 3.83. The van der Waals surface area contributed by atoms with Gasteiger partial charge in [-0.1, -0.05) is 12.1 Å². The molecule has 1 aliphatic heterocycles. The van der Waals surface area contributed by atoms with Crippen molar-refractivity contribution in [2.24, 2.45) is 0 Å². The maximum absolute atomic E-state index is 10.2. The van der Waals surface area contributed by atoms with Gasteiger partial charge in [0, 0.05) is 12.4 Å². The minimum atomic E-state index is -1.43. The van der Waals surface area contributed by atoms with Gasteiger partial charge in [0.05, 0.1) is 6.61 Å². The van der Waals surface area contributed by atoms with Crippen LogP contribution in [0.1, 0.15) is 11.7 Å². The molecule has 0 aliphatic carbocycles. The Balaban J connectivity index is 1.82. The first-order chi connectivity index (χ1) is 11.6. The second kappa shape index (κ2) is 7.20. The van der Waals surface area contributed by atoms with Crippen molar-refractivity contribution in [2.75, 3.05) is 6.61 Å². The molecule has 4 N–H and O–H groups in total. The first-order valence-corrected chi connectivity index (χ1v) is 7.45. The van der Waals surface area contributed by atoms with Gasteiger partial charge in [-0.15, -0.1) is 0 Å². The topological polar surface area (TPSA) is 125 Å². The van der Waals surface area contributed by atoms with Gasteiger partial charge in [-0.3, -0.25) is 0 Å². The zero-order chi connectivity index (χ0) is 17.1. The summed E-state index contributed by atoms with van der Waals surface area (Å²) >= 11 is 0. The molecule has 1 aliphatic rings. The van der Waals surface area contributed by atoms with Crippen LogP contribution in [0.5, 0.6) is 11.8 Å². The van der Waals surface area contributed by atoms with Crippen LogP contribution >= 0.6 is 0 Å². The molecule has 1 saturated heterocycles. The normalized spacial score (nSPS) is 30.1. The lowest BCUT2D eigenvalue weighted by Crippen LogP contribution is -2.55. The van der Waals surface area contributed by atoms with Crippen LogP contribution in [0.15, 0.2) is 42.7 Å². The van der Waals surface area contributed by atoms with Gasteiger partial charge in [-0.05, 0) is 23.8 Å². The van der Waals surface area contributed by atoms with Crippen LogP contribution in [0, 0.1) is 0 Å². The van der Waals surface area contributed by atoms with Crippen molar-refractivity contribution < 1.29 is 29.9 Å². The molecule has 2 aromatic rings. The Bertz CT molecular complexity index is 669. The van der Waals surface area contributed by atoms with E-state index in [1.165, 1.54) is 0 Å². The summed E-state index contributed by atoms with van der Waals surface area (Å²) in [5.41, 5.74) is 0.528.